The highest BCUT2D eigenvalue weighted by Gasteiger charge is 2.34. The second-order valence-corrected chi connectivity index (χ2v) is 4.64. The van der Waals surface area contributed by atoms with Gasteiger partial charge < -0.3 is 9.64 Å². The lowest BCUT2D eigenvalue weighted by molar-refractivity contribution is -0.145. The summed E-state index contributed by atoms with van der Waals surface area (Å²) in [6.45, 7) is 0.987. The van der Waals surface area contributed by atoms with Crippen molar-refractivity contribution < 1.29 is 14.3 Å². The Hall–Kier alpha value is -1.43. The van der Waals surface area contributed by atoms with Gasteiger partial charge in [-0.2, -0.15) is 0 Å². The van der Waals surface area contributed by atoms with E-state index in [0.29, 0.717) is 13.1 Å². The van der Waals surface area contributed by atoms with Crippen LogP contribution in [0.4, 0.5) is 0 Å². The molecule has 2 rings (SSSR count). The molecule has 0 aliphatic carbocycles. The van der Waals surface area contributed by atoms with Gasteiger partial charge in [0.15, 0.2) is 0 Å². The van der Waals surface area contributed by atoms with Gasteiger partial charge in [-0.3, -0.25) is 14.6 Å². The van der Waals surface area contributed by atoms with Crippen molar-refractivity contribution in [3.05, 3.63) is 16.6 Å². The van der Waals surface area contributed by atoms with Gasteiger partial charge in [0, 0.05) is 24.0 Å². The molecule has 0 saturated carbocycles. The highest BCUT2D eigenvalue weighted by Crippen LogP contribution is 2.22. The zero-order valence-electron chi connectivity index (χ0n) is 8.88. The standard InChI is InChI=1S/C10H12N2O3S/c1-15-10(14)7-2-9(13)12(4-7)5-8-3-11-6-16-8/h3,6-7H,2,4-5H2,1H3. The van der Waals surface area contributed by atoms with E-state index in [4.69, 9.17) is 0 Å². The van der Waals surface area contributed by atoms with Crippen LogP contribution in [0.1, 0.15) is 11.3 Å². The van der Waals surface area contributed by atoms with Crippen molar-refractivity contribution in [1.82, 2.24) is 9.88 Å². The van der Waals surface area contributed by atoms with Crippen molar-refractivity contribution in [2.45, 2.75) is 13.0 Å². The summed E-state index contributed by atoms with van der Waals surface area (Å²) in [5, 5.41) is 0. The maximum atomic E-state index is 11.6. The predicted octanol–water partition coefficient (Wildman–Crippen LogP) is 0.665. The number of hydrogen-bond acceptors (Lipinski definition) is 5. The van der Waals surface area contributed by atoms with Gasteiger partial charge in [0.05, 0.1) is 25.1 Å². The first-order chi connectivity index (χ1) is 7.70. The number of ether oxygens (including phenoxy) is 1. The Morgan fingerprint density at radius 1 is 1.75 bits per heavy atom. The number of nitrogens with zero attached hydrogens (tertiary/aromatic N) is 2. The van der Waals surface area contributed by atoms with Gasteiger partial charge in [-0.15, -0.1) is 11.3 Å². The molecule has 86 valence electrons. The van der Waals surface area contributed by atoms with E-state index < -0.39 is 0 Å². The van der Waals surface area contributed by atoms with E-state index in [0.717, 1.165) is 4.88 Å². The molecular formula is C10H12N2O3S. The molecule has 0 radical (unpaired) electrons. The minimum Gasteiger partial charge on any atom is -0.469 e. The van der Waals surface area contributed by atoms with E-state index in [1.807, 2.05) is 0 Å². The Labute approximate surface area is 97.0 Å². The molecule has 0 bridgehead atoms. The number of amides is 1. The quantitative estimate of drug-likeness (QED) is 0.728. The minimum absolute atomic E-state index is 0.00352. The van der Waals surface area contributed by atoms with Crippen molar-refractivity contribution in [3.8, 4) is 0 Å². The molecule has 0 aromatic carbocycles. The number of likely N-dealkylation sites (tertiary alicyclic amines) is 1. The van der Waals surface area contributed by atoms with Crippen LogP contribution < -0.4 is 0 Å². The molecule has 2 heterocycles. The third-order valence-corrected chi connectivity index (χ3v) is 3.34. The molecule has 1 aliphatic rings. The summed E-state index contributed by atoms with van der Waals surface area (Å²) in [5.41, 5.74) is 1.73. The fraction of sp³-hybridized carbons (Fsp3) is 0.500. The van der Waals surface area contributed by atoms with Gasteiger partial charge in [0.2, 0.25) is 5.91 Å². The smallest absolute Gasteiger partial charge is 0.310 e. The lowest BCUT2D eigenvalue weighted by Crippen LogP contribution is -2.25. The molecular weight excluding hydrogens is 228 g/mol. The van der Waals surface area contributed by atoms with Crippen molar-refractivity contribution in [3.63, 3.8) is 0 Å². The number of esters is 1. The maximum absolute atomic E-state index is 11.6. The van der Waals surface area contributed by atoms with Gasteiger partial charge in [-0.25, -0.2) is 0 Å². The first-order valence-corrected chi connectivity index (χ1v) is 5.81. The van der Waals surface area contributed by atoms with Gasteiger partial charge in [-0.05, 0) is 0 Å². The van der Waals surface area contributed by atoms with Crippen molar-refractivity contribution in [2.24, 2.45) is 5.92 Å². The lowest BCUT2D eigenvalue weighted by Gasteiger charge is -2.14. The number of hydrogen-bond donors (Lipinski definition) is 0. The molecule has 6 heteroatoms. The molecule has 1 aromatic rings. The summed E-state index contributed by atoms with van der Waals surface area (Å²) in [7, 11) is 1.35. The van der Waals surface area contributed by atoms with E-state index in [1.165, 1.54) is 18.4 Å². The number of rotatable bonds is 3. The van der Waals surface area contributed by atoms with Crippen LogP contribution in [-0.2, 0) is 20.9 Å². The summed E-state index contributed by atoms with van der Waals surface area (Å²) in [6, 6.07) is 0. The average Bonchev–Trinajstić information content (AvgIpc) is 2.89. The lowest BCUT2D eigenvalue weighted by atomic mass is 10.1. The van der Waals surface area contributed by atoms with E-state index in [9.17, 15) is 9.59 Å². The molecule has 1 unspecified atom stereocenters. The summed E-state index contributed by atoms with van der Waals surface area (Å²) < 4.78 is 4.64. The van der Waals surface area contributed by atoms with E-state index in [-0.39, 0.29) is 24.2 Å². The average molecular weight is 240 g/mol. The van der Waals surface area contributed by atoms with E-state index in [1.54, 1.807) is 16.6 Å². The molecule has 1 aliphatic heterocycles. The van der Waals surface area contributed by atoms with Crippen LogP contribution >= 0.6 is 11.3 Å². The first kappa shape index (κ1) is 11.1. The molecule has 0 N–H and O–H groups in total. The van der Waals surface area contributed by atoms with Gasteiger partial charge >= 0.3 is 5.97 Å². The summed E-state index contributed by atoms with van der Waals surface area (Å²) in [6.07, 6.45) is 1.99. The van der Waals surface area contributed by atoms with Crippen LogP contribution in [0.2, 0.25) is 0 Å². The van der Waals surface area contributed by atoms with Crippen molar-refractivity contribution >= 4 is 23.2 Å². The fourth-order valence-corrected chi connectivity index (χ4v) is 2.37. The molecule has 1 amide bonds. The Bertz CT molecular complexity index is 391. The number of aromatic nitrogens is 1. The summed E-state index contributed by atoms with van der Waals surface area (Å²) in [4.78, 5) is 29.6. The topological polar surface area (TPSA) is 59.5 Å². The fourth-order valence-electron chi connectivity index (χ4n) is 1.76. The SMILES string of the molecule is COC(=O)C1CC(=O)N(Cc2cncs2)C1. The zero-order valence-corrected chi connectivity index (χ0v) is 9.70. The molecule has 5 nitrogen and oxygen atoms in total. The third kappa shape index (κ3) is 2.21. The second-order valence-electron chi connectivity index (χ2n) is 3.67. The molecule has 1 saturated heterocycles. The van der Waals surface area contributed by atoms with Crippen molar-refractivity contribution in [1.29, 1.82) is 0 Å². The largest absolute Gasteiger partial charge is 0.469 e. The van der Waals surface area contributed by atoms with Crippen LogP contribution in [-0.4, -0.2) is 35.4 Å². The molecule has 1 aromatic heterocycles. The number of carbonyl (C=O) groups excluding carboxylic acids is 2. The molecule has 1 fully saturated rings. The number of methoxy groups -OCH3 is 1. The third-order valence-electron chi connectivity index (χ3n) is 2.58. The Morgan fingerprint density at radius 3 is 3.19 bits per heavy atom. The first-order valence-electron chi connectivity index (χ1n) is 4.93. The Kier molecular flexibility index (Phi) is 3.19. The second kappa shape index (κ2) is 4.61. The van der Waals surface area contributed by atoms with E-state index >= 15 is 0 Å². The van der Waals surface area contributed by atoms with Gasteiger partial charge in [0.1, 0.15) is 0 Å². The van der Waals surface area contributed by atoms with Crippen LogP contribution in [0.15, 0.2) is 11.7 Å². The van der Waals surface area contributed by atoms with Crippen LogP contribution in [0.25, 0.3) is 0 Å². The van der Waals surface area contributed by atoms with Crippen LogP contribution in [0, 0.1) is 5.92 Å². The molecule has 0 spiro atoms. The monoisotopic (exact) mass is 240 g/mol. The van der Waals surface area contributed by atoms with E-state index in [2.05, 4.69) is 9.72 Å². The number of carbonyl (C=O) groups is 2. The molecule has 16 heavy (non-hydrogen) atoms. The minimum atomic E-state index is -0.314. The van der Waals surface area contributed by atoms with Crippen molar-refractivity contribution in [2.75, 3.05) is 13.7 Å². The Morgan fingerprint density at radius 2 is 2.56 bits per heavy atom. The highest BCUT2D eigenvalue weighted by atomic mass is 32.1. The number of thiazole rings is 1. The van der Waals surface area contributed by atoms with Crippen LogP contribution in [0.5, 0.6) is 0 Å². The molecule has 1 atom stereocenters. The van der Waals surface area contributed by atoms with Crippen LogP contribution in [0.3, 0.4) is 0 Å². The predicted molar refractivity (Wildman–Crippen MR) is 57.7 cm³/mol. The maximum Gasteiger partial charge on any atom is 0.310 e. The zero-order chi connectivity index (χ0) is 11.5. The van der Waals surface area contributed by atoms with Gasteiger partial charge in [-0.1, -0.05) is 0 Å². The normalized spacial score (nSPS) is 20.2. The van der Waals surface area contributed by atoms with Gasteiger partial charge in [0.25, 0.3) is 0 Å². The Balaban J connectivity index is 1.97. The summed E-state index contributed by atoms with van der Waals surface area (Å²) >= 11 is 1.51. The summed E-state index contributed by atoms with van der Waals surface area (Å²) in [5.74, 6) is -0.616. The highest BCUT2D eigenvalue weighted by molar-refractivity contribution is 7.09.